The molecule has 2 rings (SSSR count). The summed E-state index contributed by atoms with van der Waals surface area (Å²) < 4.78 is 5.83. The van der Waals surface area contributed by atoms with Gasteiger partial charge in [-0.15, -0.1) is 0 Å². The number of carbonyl (C=O) groups is 1. The van der Waals surface area contributed by atoms with Crippen LogP contribution in [0.1, 0.15) is 125 Å². The second-order valence-corrected chi connectivity index (χ2v) is 9.49. The number of unbranched alkanes of at least 4 members (excludes halogenated alkanes) is 13. The first kappa shape index (κ1) is 28.5. The summed E-state index contributed by atoms with van der Waals surface area (Å²) >= 11 is 0. The Balaban J connectivity index is 1.69. The zero-order valence-corrected chi connectivity index (χ0v) is 21.5. The SMILES string of the molecule is CCCCCCCCCCCCCCCCC(OC(=O)c1ccccc1)c1ccc([N+](=O)[O-])cc1. The number of hydrogen-bond donors (Lipinski definition) is 0. The molecule has 0 spiro atoms. The number of ether oxygens (including phenoxy) is 1. The summed E-state index contributed by atoms with van der Waals surface area (Å²) in [6.07, 6.45) is 18.4. The molecule has 1 unspecified atom stereocenters. The van der Waals surface area contributed by atoms with E-state index in [1.807, 2.05) is 18.2 Å². The van der Waals surface area contributed by atoms with E-state index in [1.54, 1.807) is 24.3 Å². The minimum absolute atomic E-state index is 0.0402. The van der Waals surface area contributed by atoms with Gasteiger partial charge < -0.3 is 4.74 Å². The van der Waals surface area contributed by atoms with Gasteiger partial charge in [-0.25, -0.2) is 4.79 Å². The summed E-state index contributed by atoms with van der Waals surface area (Å²) in [5.74, 6) is -0.362. The molecule has 0 amide bonds. The maximum atomic E-state index is 12.6. The van der Waals surface area contributed by atoms with Gasteiger partial charge in [0.25, 0.3) is 5.69 Å². The van der Waals surface area contributed by atoms with Gasteiger partial charge in [-0.05, 0) is 42.7 Å². The van der Waals surface area contributed by atoms with Gasteiger partial charge in [0.15, 0.2) is 0 Å². The standard InChI is InChI=1S/C30H43NO4/c1-2-3-4-5-6-7-8-9-10-11-12-13-14-18-21-29(26-22-24-28(25-23-26)31(33)34)35-30(32)27-19-16-15-17-20-27/h15-17,19-20,22-25,29H,2-14,18,21H2,1H3. The Morgan fingerprint density at radius 2 is 1.23 bits per heavy atom. The Morgan fingerprint density at radius 1 is 0.743 bits per heavy atom. The average molecular weight is 482 g/mol. The smallest absolute Gasteiger partial charge is 0.338 e. The van der Waals surface area contributed by atoms with E-state index in [4.69, 9.17) is 4.74 Å². The van der Waals surface area contributed by atoms with Crippen molar-refractivity contribution in [3.8, 4) is 0 Å². The van der Waals surface area contributed by atoms with Crippen molar-refractivity contribution < 1.29 is 14.5 Å². The van der Waals surface area contributed by atoms with Crippen LogP contribution in [-0.2, 0) is 4.74 Å². The minimum Gasteiger partial charge on any atom is -0.454 e. The molecule has 1 atom stereocenters. The van der Waals surface area contributed by atoms with Crippen LogP contribution in [0.25, 0.3) is 0 Å². The lowest BCUT2D eigenvalue weighted by molar-refractivity contribution is -0.384. The van der Waals surface area contributed by atoms with Crippen LogP contribution in [0.3, 0.4) is 0 Å². The van der Waals surface area contributed by atoms with E-state index in [-0.39, 0.29) is 11.7 Å². The zero-order chi connectivity index (χ0) is 25.1. The van der Waals surface area contributed by atoms with Gasteiger partial charge in [0.2, 0.25) is 0 Å². The van der Waals surface area contributed by atoms with Crippen molar-refractivity contribution in [2.75, 3.05) is 0 Å². The normalized spacial score (nSPS) is 11.8. The maximum Gasteiger partial charge on any atom is 0.338 e. The number of hydrogen-bond acceptors (Lipinski definition) is 4. The Hall–Kier alpha value is -2.69. The molecule has 2 aromatic carbocycles. The van der Waals surface area contributed by atoms with Gasteiger partial charge in [0.1, 0.15) is 6.10 Å². The van der Waals surface area contributed by atoms with Gasteiger partial charge >= 0.3 is 5.97 Å². The lowest BCUT2D eigenvalue weighted by Gasteiger charge is -2.18. The number of nitrogens with zero attached hydrogens (tertiary/aromatic N) is 1. The quantitative estimate of drug-likeness (QED) is 0.0867. The first-order valence-corrected chi connectivity index (χ1v) is 13.6. The van der Waals surface area contributed by atoms with Crippen molar-refractivity contribution in [3.63, 3.8) is 0 Å². The molecule has 2 aromatic rings. The summed E-state index contributed by atoms with van der Waals surface area (Å²) in [6.45, 7) is 2.26. The number of non-ortho nitro benzene ring substituents is 1. The van der Waals surface area contributed by atoms with Crippen molar-refractivity contribution in [1.82, 2.24) is 0 Å². The largest absolute Gasteiger partial charge is 0.454 e. The number of nitro benzene ring substituents is 1. The van der Waals surface area contributed by atoms with Crippen molar-refractivity contribution in [3.05, 3.63) is 75.8 Å². The van der Waals surface area contributed by atoms with Crippen LogP contribution in [0.2, 0.25) is 0 Å². The second kappa shape index (κ2) is 17.7. The maximum absolute atomic E-state index is 12.6. The first-order valence-electron chi connectivity index (χ1n) is 13.6. The summed E-state index contributed by atoms with van der Waals surface area (Å²) in [6, 6.07) is 15.3. The van der Waals surface area contributed by atoms with E-state index in [0.29, 0.717) is 12.0 Å². The molecule has 0 aliphatic heterocycles. The third kappa shape index (κ3) is 12.0. The van der Waals surface area contributed by atoms with Crippen molar-refractivity contribution >= 4 is 11.7 Å². The Labute approximate surface area is 211 Å². The molecule has 35 heavy (non-hydrogen) atoms. The van der Waals surface area contributed by atoms with Crippen LogP contribution in [0, 0.1) is 10.1 Å². The molecule has 0 saturated carbocycles. The van der Waals surface area contributed by atoms with Crippen LogP contribution >= 0.6 is 0 Å². The second-order valence-electron chi connectivity index (χ2n) is 9.49. The molecule has 5 heteroatoms. The van der Waals surface area contributed by atoms with E-state index in [2.05, 4.69) is 6.92 Å². The molecule has 0 aliphatic carbocycles. The van der Waals surface area contributed by atoms with Crippen molar-refractivity contribution in [1.29, 1.82) is 0 Å². The van der Waals surface area contributed by atoms with E-state index in [9.17, 15) is 14.9 Å². The van der Waals surface area contributed by atoms with Crippen LogP contribution in [-0.4, -0.2) is 10.9 Å². The molecule has 0 N–H and O–H groups in total. The molecule has 0 radical (unpaired) electrons. The summed E-state index contributed by atoms with van der Waals surface area (Å²) in [5, 5.41) is 11.0. The van der Waals surface area contributed by atoms with Crippen LogP contribution in [0.15, 0.2) is 54.6 Å². The topological polar surface area (TPSA) is 69.4 Å². The van der Waals surface area contributed by atoms with Gasteiger partial charge in [0, 0.05) is 12.1 Å². The van der Waals surface area contributed by atoms with Gasteiger partial charge in [0.05, 0.1) is 10.5 Å². The van der Waals surface area contributed by atoms with Crippen molar-refractivity contribution in [2.24, 2.45) is 0 Å². The van der Waals surface area contributed by atoms with Crippen molar-refractivity contribution in [2.45, 2.75) is 109 Å². The summed E-state index contributed by atoms with van der Waals surface area (Å²) in [4.78, 5) is 23.2. The molecule has 0 aliphatic rings. The van der Waals surface area contributed by atoms with Crippen LogP contribution in [0.4, 0.5) is 5.69 Å². The summed E-state index contributed by atoms with van der Waals surface area (Å²) in [7, 11) is 0. The molecule has 0 bridgehead atoms. The highest BCUT2D eigenvalue weighted by atomic mass is 16.6. The Bertz CT molecular complexity index is 835. The molecular weight excluding hydrogens is 438 g/mol. The lowest BCUT2D eigenvalue weighted by Crippen LogP contribution is -2.12. The highest BCUT2D eigenvalue weighted by Crippen LogP contribution is 2.27. The molecular formula is C30H43NO4. The number of esters is 1. The highest BCUT2D eigenvalue weighted by molar-refractivity contribution is 5.89. The third-order valence-corrected chi connectivity index (χ3v) is 6.55. The molecule has 192 valence electrons. The number of benzene rings is 2. The molecule has 0 heterocycles. The fourth-order valence-electron chi connectivity index (χ4n) is 4.40. The average Bonchev–Trinajstić information content (AvgIpc) is 2.88. The number of carbonyl (C=O) groups excluding carboxylic acids is 1. The molecule has 0 aromatic heterocycles. The fourth-order valence-corrected chi connectivity index (χ4v) is 4.40. The molecule has 0 fully saturated rings. The Morgan fingerprint density at radius 3 is 1.71 bits per heavy atom. The zero-order valence-electron chi connectivity index (χ0n) is 21.5. The van der Waals surface area contributed by atoms with Gasteiger partial charge in [-0.1, -0.05) is 109 Å². The minimum atomic E-state index is -0.414. The van der Waals surface area contributed by atoms with E-state index in [0.717, 1.165) is 18.4 Å². The van der Waals surface area contributed by atoms with Gasteiger partial charge in [-0.3, -0.25) is 10.1 Å². The third-order valence-electron chi connectivity index (χ3n) is 6.55. The lowest BCUT2D eigenvalue weighted by atomic mass is 10.0. The Kier molecular flexibility index (Phi) is 14.4. The first-order chi connectivity index (χ1) is 17.1. The van der Waals surface area contributed by atoms with Crippen LogP contribution < -0.4 is 0 Å². The molecule has 5 nitrogen and oxygen atoms in total. The number of rotatable bonds is 19. The van der Waals surface area contributed by atoms with E-state index < -0.39 is 11.0 Å². The van der Waals surface area contributed by atoms with E-state index >= 15 is 0 Å². The summed E-state index contributed by atoms with van der Waals surface area (Å²) in [5.41, 5.74) is 1.35. The monoisotopic (exact) mass is 481 g/mol. The number of nitro groups is 1. The predicted molar refractivity (Wildman–Crippen MR) is 143 cm³/mol. The molecule has 0 saturated heterocycles. The fraction of sp³-hybridized carbons (Fsp3) is 0.567. The highest BCUT2D eigenvalue weighted by Gasteiger charge is 2.19. The predicted octanol–water partition coefficient (Wildman–Crippen LogP) is 9.36. The van der Waals surface area contributed by atoms with Gasteiger partial charge in [-0.2, -0.15) is 0 Å². The van der Waals surface area contributed by atoms with Crippen LogP contribution in [0.5, 0.6) is 0 Å². The van der Waals surface area contributed by atoms with E-state index in [1.165, 1.54) is 89.2 Å².